The van der Waals surface area contributed by atoms with Gasteiger partial charge in [0.1, 0.15) is 5.75 Å². The van der Waals surface area contributed by atoms with Crippen LogP contribution in [0.5, 0.6) is 5.75 Å². The van der Waals surface area contributed by atoms with Crippen LogP contribution < -0.4 is 10.5 Å². The second-order valence-corrected chi connectivity index (χ2v) is 7.28. The summed E-state index contributed by atoms with van der Waals surface area (Å²) in [7, 11) is -3.67. The molecule has 0 bridgehead atoms. The van der Waals surface area contributed by atoms with Crippen LogP contribution in [0.3, 0.4) is 0 Å². The number of hydrogen-bond donors (Lipinski definition) is 2. The van der Waals surface area contributed by atoms with Crippen LogP contribution in [-0.4, -0.2) is 49.1 Å². The van der Waals surface area contributed by atoms with Gasteiger partial charge < -0.3 is 10.5 Å². The number of ether oxygens (including phenoxy) is 1. The lowest BCUT2D eigenvalue weighted by molar-refractivity contribution is 0.0646. The Labute approximate surface area is 157 Å². The van der Waals surface area contributed by atoms with Crippen LogP contribution in [0.2, 0.25) is 0 Å². The summed E-state index contributed by atoms with van der Waals surface area (Å²) in [6.45, 7) is 0.776. The van der Waals surface area contributed by atoms with Gasteiger partial charge in [0.05, 0.1) is 24.0 Å². The maximum absolute atomic E-state index is 12.2. The Morgan fingerprint density at radius 3 is 1.96 bits per heavy atom. The number of carbonyl (C=O) groups excluding carboxylic acids is 2. The first-order chi connectivity index (χ1) is 12.7. The van der Waals surface area contributed by atoms with Crippen molar-refractivity contribution in [3.63, 3.8) is 0 Å². The van der Waals surface area contributed by atoms with E-state index in [2.05, 4.69) is 0 Å². The fraction of sp³-hybridized carbons (Fsp3) is 0.222. The maximum atomic E-state index is 12.2. The third-order valence-electron chi connectivity index (χ3n) is 3.55. The third kappa shape index (κ3) is 6.08. The molecule has 1 aliphatic rings. The molecule has 2 amide bonds. The van der Waals surface area contributed by atoms with Gasteiger partial charge in [-0.25, -0.2) is 0 Å². The van der Waals surface area contributed by atoms with Gasteiger partial charge in [-0.3, -0.25) is 19.0 Å². The van der Waals surface area contributed by atoms with Gasteiger partial charge in [-0.2, -0.15) is 8.42 Å². The lowest BCUT2D eigenvalue weighted by Crippen LogP contribution is -2.31. The van der Waals surface area contributed by atoms with Gasteiger partial charge in [-0.05, 0) is 42.8 Å². The molecule has 1 heterocycles. The second kappa shape index (κ2) is 8.65. The highest BCUT2D eigenvalue weighted by molar-refractivity contribution is 7.85. The first-order valence-corrected chi connectivity index (χ1v) is 9.87. The van der Waals surface area contributed by atoms with E-state index >= 15 is 0 Å². The van der Waals surface area contributed by atoms with Crippen molar-refractivity contribution in [2.45, 2.75) is 6.42 Å². The van der Waals surface area contributed by atoms with Crippen LogP contribution >= 0.6 is 0 Å². The smallest absolute Gasteiger partial charge is 0.261 e. The predicted molar refractivity (Wildman–Crippen MR) is 100 cm³/mol. The average molecular weight is 392 g/mol. The molecule has 0 atom stereocenters. The molecule has 0 saturated carbocycles. The molecule has 8 nitrogen and oxygen atoms in total. The maximum Gasteiger partial charge on any atom is 0.261 e. The minimum atomic E-state index is -3.67. The summed E-state index contributed by atoms with van der Waals surface area (Å²) in [5.41, 5.74) is 7.24. The average Bonchev–Trinajstić information content (AvgIpc) is 2.84. The summed E-state index contributed by atoms with van der Waals surface area (Å²) in [4.78, 5) is 25.6. The number of anilines is 1. The zero-order chi connectivity index (χ0) is 20.0. The Bertz CT molecular complexity index is 882. The molecule has 0 aromatic heterocycles. The van der Waals surface area contributed by atoms with E-state index in [0.717, 1.165) is 5.75 Å². The van der Waals surface area contributed by atoms with Crippen molar-refractivity contribution in [3.8, 4) is 5.75 Å². The fourth-order valence-corrected chi connectivity index (χ4v) is 2.42. The normalized spacial score (nSPS) is 13.0. The van der Waals surface area contributed by atoms with Crippen LogP contribution in [0.1, 0.15) is 27.1 Å². The molecule has 1 aliphatic heterocycles. The van der Waals surface area contributed by atoms with Crippen molar-refractivity contribution in [3.05, 3.63) is 59.7 Å². The van der Waals surface area contributed by atoms with Gasteiger partial charge >= 0.3 is 0 Å². The van der Waals surface area contributed by atoms with Gasteiger partial charge in [-0.15, -0.1) is 0 Å². The van der Waals surface area contributed by atoms with Gasteiger partial charge in [0.15, 0.2) is 0 Å². The molecule has 0 unspecified atom stereocenters. The van der Waals surface area contributed by atoms with Crippen molar-refractivity contribution in [1.29, 1.82) is 0 Å². The number of hydrogen-bond acceptors (Lipinski definition) is 6. The zero-order valence-corrected chi connectivity index (χ0v) is 15.5. The largest absolute Gasteiger partial charge is 0.494 e. The van der Waals surface area contributed by atoms with Gasteiger partial charge in [-0.1, -0.05) is 12.1 Å². The summed E-state index contributed by atoms with van der Waals surface area (Å²) < 4.78 is 31.4. The van der Waals surface area contributed by atoms with E-state index in [0.29, 0.717) is 42.6 Å². The molecule has 2 aromatic carbocycles. The van der Waals surface area contributed by atoms with Crippen molar-refractivity contribution >= 4 is 27.6 Å². The number of amides is 2. The van der Waals surface area contributed by atoms with Crippen LogP contribution in [-0.2, 0) is 10.1 Å². The van der Waals surface area contributed by atoms with E-state index in [4.69, 9.17) is 15.0 Å². The van der Waals surface area contributed by atoms with E-state index in [9.17, 15) is 18.0 Å². The van der Waals surface area contributed by atoms with Crippen LogP contribution in [0.25, 0.3) is 0 Å². The van der Waals surface area contributed by atoms with E-state index in [1.807, 2.05) is 0 Å². The van der Waals surface area contributed by atoms with E-state index in [1.165, 1.54) is 4.90 Å². The molecule has 144 valence electrons. The molecule has 3 rings (SSSR count). The summed E-state index contributed by atoms with van der Waals surface area (Å²) in [5.74, 6) is 0.262. The highest BCUT2D eigenvalue weighted by atomic mass is 32.2. The van der Waals surface area contributed by atoms with E-state index in [1.54, 1.807) is 48.5 Å². The highest BCUT2D eigenvalue weighted by Crippen LogP contribution is 2.22. The number of carbonyl (C=O) groups is 2. The minimum Gasteiger partial charge on any atom is -0.494 e. The third-order valence-corrected chi connectivity index (χ3v) is 3.55. The minimum absolute atomic E-state index is 0.229. The van der Waals surface area contributed by atoms with Crippen LogP contribution in [0, 0.1) is 0 Å². The number of benzene rings is 2. The Morgan fingerprint density at radius 2 is 1.48 bits per heavy atom. The van der Waals surface area contributed by atoms with Gasteiger partial charge in [0, 0.05) is 12.2 Å². The molecule has 0 aliphatic carbocycles. The second-order valence-electron chi connectivity index (χ2n) is 5.81. The summed E-state index contributed by atoms with van der Waals surface area (Å²) in [6, 6.07) is 14.0. The zero-order valence-electron chi connectivity index (χ0n) is 14.7. The predicted octanol–water partition coefficient (Wildman–Crippen LogP) is 1.84. The summed E-state index contributed by atoms with van der Waals surface area (Å²) >= 11 is 0. The standard InChI is InChI=1S/C17H16N2O3.CH4O3S/c18-12-6-8-13(9-7-12)22-11-3-10-19-16(20)14-4-1-2-5-15(14)17(19)21;1-5(2,3)4/h1-2,4-9H,3,10-11,18H2;1H3,(H,2,3,4). The van der Waals surface area contributed by atoms with Crippen LogP contribution in [0.4, 0.5) is 5.69 Å². The molecular weight excluding hydrogens is 372 g/mol. The SMILES string of the molecule is CS(=O)(=O)O.Nc1ccc(OCCCN2C(=O)c3ccccc3C2=O)cc1. The van der Waals surface area contributed by atoms with Crippen molar-refractivity contribution in [1.82, 2.24) is 4.90 Å². The summed E-state index contributed by atoms with van der Waals surface area (Å²) in [5, 5.41) is 0. The van der Waals surface area contributed by atoms with Gasteiger partial charge in [0.2, 0.25) is 0 Å². The molecule has 27 heavy (non-hydrogen) atoms. The molecule has 0 radical (unpaired) electrons. The Kier molecular flexibility index (Phi) is 6.54. The summed E-state index contributed by atoms with van der Waals surface area (Å²) in [6.07, 6.45) is 1.29. The molecule has 3 N–H and O–H groups in total. The first-order valence-electron chi connectivity index (χ1n) is 8.03. The molecular formula is C18H20N2O6S. The van der Waals surface area contributed by atoms with E-state index in [-0.39, 0.29) is 11.8 Å². The fourth-order valence-electron chi connectivity index (χ4n) is 2.42. The number of imide groups is 1. The lowest BCUT2D eigenvalue weighted by atomic mass is 10.1. The number of fused-ring (bicyclic) bond motifs is 1. The molecule has 0 saturated heterocycles. The lowest BCUT2D eigenvalue weighted by Gasteiger charge is -2.14. The van der Waals surface area contributed by atoms with Crippen molar-refractivity contribution in [2.75, 3.05) is 25.1 Å². The Hall–Kier alpha value is -2.91. The Balaban J connectivity index is 0.000000465. The molecule has 0 fully saturated rings. The Morgan fingerprint density at radius 1 is 1.00 bits per heavy atom. The number of nitrogens with zero attached hydrogens (tertiary/aromatic N) is 1. The molecule has 0 spiro atoms. The van der Waals surface area contributed by atoms with Gasteiger partial charge in [0.25, 0.3) is 21.9 Å². The number of rotatable bonds is 5. The molecule has 2 aromatic rings. The topological polar surface area (TPSA) is 127 Å². The monoisotopic (exact) mass is 392 g/mol. The van der Waals surface area contributed by atoms with E-state index < -0.39 is 10.1 Å². The molecule has 9 heteroatoms. The highest BCUT2D eigenvalue weighted by Gasteiger charge is 2.34. The number of nitrogens with two attached hydrogens (primary N) is 1. The van der Waals surface area contributed by atoms with Crippen molar-refractivity contribution < 1.29 is 27.3 Å². The van der Waals surface area contributed by atoms with Crippen molar-refractivity contribution in [2.24, 2.45) is 0 Å². The van der Waals surface area contributed by atoms with Crippen LogP contribution in [0.15, 0.2) is 48.5 Å². The quantitative estimate of drug-likeness (QED) is 0.344. The first kappa shape index (κ1) is 20.4. The number of nitrogen functional groups attached to an aromatic ring is 1.